The van der Waals surface area contributed by atoms with Crippen LogP contribution in [0, 0.1) is 0 Å². The average molecular weight is 1140 g/mol. The minimum Gasteiger partial charge on any atom is -0.423 e. The molecule has 7 aromatic rings. The van der Waals surface area contributed by atoms with Crippen LogP contribution in [0.25, 0.3) is 38.2 Å². The fourth-order valence-corrected chi connectivity index (χ4v) is 15.0. The summed E-state index contributed by atoms with van der Waals surface area (Å²) in [6.45, 7) is 19.8. The average Bonchev–Trinajstić information content (AvgIpc) is 0.923. The molecular formula is C69H79B2N6O6Si+. The van der Waals surface area contributed by atoms with Crippen LogP contribution in [-0.4, -0.2) is 129 Å². The first kappa shape index (κ1) is 60.9. The normalized spacial score (nSPS) is 13.5. The van der Waals surface area contributed by atoms with Gasteiger partial charge in [0.15, 0.2) is 5.71 Å². The summed E-state index contributed by atoms with van der Waals surface area (Å²) in [7, 11) is 2.90. The van der Waals surface area contributed by atoms with Gasteiger partial charge < -0.3 is 35.6 Å². The molecule has 2 aliphatic rings. The number of fused-ring (bicyclic) bond motifs is 4. The van der Waals surface area contributed by atoms with E-state index in [2.05, 4.69) is 188 Å². The van der Waals surface area contributed by atoms with Gasteiger partial charge in [-0.3, -0.25) is 19.4 Å². The van der Waals surface area contributed by atoms with Crippen LogP contribution < -0.4 is 31.6 Å². The molecule has 0 unspecified atom stereocenters. The van der Waals surface area contributed by atoms with Gasteiger partial charge in [0.1, 0.15) is 22.2 Å². The lowest BCUT2D eigenvalue weighted by Gasteiger charge is -2.38. The molecule has 0 radical (unpaired) electrons. The minimum absolute atomic E-state index is 0.194. The molecule has 430 valence electrons. The molecule has 84 heavy (non-hydrogen) atoms. The summed E-state index contributed by atoms with van der Waals surface area (Å²) in [6, 6.07) is 46.1. The van der Waals surface area contributed by atoms with Crippen LogP contribution in [0.15, 0.2) is 187 Å². The van der Waals surface area contributed by atoms with Crippen LogP contribution in [0.4, 0.5) is 5.69 Å². The lowest BCUT2D eigenvalue weighted by Crippen LogP contribution is -2.49. The Balaban J connectivity index is 1.23. The maximum atomic E-state index is 12.7. The number of anilines is 1. The third-order valence-corrected chi connectivity index (χ3v) is 20.0. The van der Waals surface area contributed by atoms with Crippen LogP contribution >= 0.6 is 0 Å². The molecule has 1 heterocycles. The van der Waals surface area contributed by atoms with E-state index in [-0.39, 0.29) is 11.8 Å². The van der Waals surface area contributed by atoms with Gasteiger partial charge in [-0.1, -0.05) is 135 Å². The highest BCUT2D eigenvalue weighted by molar-refractivity contribution is 6.98. The molecule has 6 N–H and O–H groups in total. The van der Waals surface area contributed by atoms with E-state index in [0.717, 1.165) is 60.5 Å². The molecule has 1 aliphatic heterocycles. The number of nitrogens with one attached hydrogen (secondary N) is 2. The molecule has 0 atom stereocenters. The second-order valence-corrected chi connectivity index (χ2v) is 27.8. The zero-order valence-corrected chi connectivity index (χ0v) is 51.0. The first-order chi connectivity index (χ1) is 40.2. The Hall–Kier alpha value is -7.72. The van der Waals surface area contributed by atoms with Crippen molar-refractivity contribution in [2.24, 2.45) is 0 Å². The van der Waals surface area contributed by atoms with Crippen molar-refractivity contribution in [1.82, 2.24) is 20.4 Å². The summed E-state index contributed by atoms with van der Waals surface area (Å²) < 4.78 is 2.19. The van der Waals surface area contributed by atoms with E-state index in [1.807, 2.05) is 36.4 Å². The van der Waals surface area contributed by atoms with Crippen molar-refractivity contribution in [1.29, 1.82) is 0 Å². The van der Waals surface area contributed by atoms with Crippen LogP contribution in [0.5, 0.6) is 0 Å². The minimum atomic E-state index is -2.20. The summed E-state index contributed by atoms with van der Waals surface area (Å²) in [6.07, 6.45) is 8.23. The number of carbonyl (C=O) groups is 2. The zero-order chi connectivity index (χ0) is 60.0. The molecule has 0 saturated heterocycles. The molecule has 0 fully saturated rings. The highest BCUT2D eigenvalue weighted by atomic mass is 28.3. The van der Waals surface area contributed by atoms with Crippen molar-refractivity contribution in [2.45, 2.75) is 66.0 Å². The predicted octanol–water partition coefficient (Wildman–Crippen LogP) is 7.73. The Morgan fingerprint density at radius 2 is 1.10 bits per heavy atom. The second-order valence-electron chi connectivity index (χ2n) is 23.4. The van der Waals surface area contributed by atoms with Gasteiger partial charge in [0.05, 0.1) is 0 Å². The Kier molecular flexibility index (Phi) is 19.2. The number of carbonyl (C=O) groups excluding carboxylic acids is 2. The van der Waals surface area contributed by atoms with Gasteiger partial charge in [-0.15, -0.1) is 0 Å². The maximum Gasteiger partial charge on any atom is 0.488 e. The number of benzene rings is 7. The van der Waals surface area contributed by atoms with Crippen LogP contribution in [0.2, 0.25) is 13.1 Å². The van der Waals surface area contributed by atoms with E-state index in [1.165, 1.54) is 38.5 Å². The molecule has 0 aromatic heterocycles. The van der Waals surface area contributed by atoms with Crippen LogP contribution in [0.1, 0.15) is 60.1 Å². The van der Waals surface area contributed by atoms with Crippen molar-refractivity contribution in [2.75, 3.05) is 59.3 Å². The third-order valence-electron chi connectivity index (χ3n) is 16.5. The van der Waals surface area contributed by atoms with Crippen molar-refractivity contribution >= 4 is 88.8 Å². The van der Waals surface area contributed by atoms with Gasteiger partial charge >= 0.3 is 14.2 Å². The number of allylic oxidation sites excluding steroid dienone is 5. The highest BCUT2D eigenvalue weighted by Crippen LogP contribution is 2.44. The summed E-state index contributed by atoms with van der Waals surface area (Å²) >= 11 is 0. The van der Waals surface area contributed by atoms with E-state index in [9.17, 15) is 29.7 Å². The van der Waals surface area contributed by atoms with Crippen molar-refractivity contribution in [3.8, 4) is 11.1 Å². The molecule has 9 rings (SSSR count). The standard InChI is InChI=1S/C69H78B2N6O6Si/c1-46(2)68(78)72-34-18-36-76(42-51-20-11-15-26-63(51)70(80)81)44-61-55-24-13-14-25-56(55)62(45-77(37-19-35-73-69(79)47(3)4)43-52-21-12-16-27-64(52)71(82)83)60-39-49(28-31-57(60)61)48-22-17-23-50(38-48)67-58-32-29-53(74(5)6)40-65(58)84(9,10)66-41-54(75(7)8)30-33-59(66)67/h11-17,20-33,38-41,80-83H,1,3,18-19,34-37,42-45H2,2,4-10H3,(H-,72,73,78,79)/p+1. The fourth-order valence-electron chi connectivity index (χ4n) is 12.0. The third kappa shape index (κ3) is 13.4. The monoisotopic (exact) mass is 1140 g/mol. The van der Waals surface area contributed by atoms with E-state index >= 15 is 0 Å². The Bertz CT molecular complexity index is 3820. The van der Waals surface area contributed by atoms with E-state index in [4.69, 9.17) is 0 Å². The SMILES string of the molecule is C=C(C)C(=O)NCCCN(Cc1ccccc1B(O)O)Cc1c2ccccc2c(CN(CCCNC(=O)C(=C)C)Cc2ccccc2B(O)O)c2cc(-c3cccc(C4=C5C=CC(=[N+](C)C)C=C5[Si](C)(C)c5cc(N(C)C)ccc54)c3)ccc12. The first-order valence-corrected chi connectivity index (χ1v) is 32.0. The highest BCUT2D eigenvalue weighted by Gasteiger charge is 2.40. The molecule has 2 amide bonds. The molecule has 1 aliphatic carbocycles. The largest absolute Gasteiger partial charge is 0.488 e. The quantitative estimate of drug-likeness (QED) is 0.0124. The van der Waals surface area contributed by atoms with E-state index in [1.54, 1.807) is 26.0 Å². The van der Waals surface area contributed by atoms with Gasteiger partial charge in [0.2, 0.25) is 11.8 Å². The Labute approximate surface area is 497 Å². The molecule has 0 saturated carbocycles. The topological polar surface area (TPSA) is 152 Å². The second kappa shape index (κ2) is 26.5. The summed E-state index contributed by atoms with van der Waals surface area (Å²) in [4.78, 5) is 32.2. The molecular weight excluding hydrogens is 1060 g/mol. The van der Waals surface area contributed by atoms with Gasteiger partial charge in [-0.25, -0.2) is 4.58 Å². The van der Waals surface area contributed by atoms with Crippen LogP contribution in [0.3, 0.4) is 0 Å². The fraction of sp³-hybridized carbons (Fsp3) is 0.261. The smallest absolute Gasteiger partial charge is 0.423 e. The first-order valence-electron chi connectivity index (χ1n) is 29.0. The number of hydrogen-bond acceptors (Lipinski definition) is 9. The Morgan fingerprint density at radius 3 is 1.63 bits per heavy atom. The summed E-state index contributed by atoms with van der Waals surface area (Å²) in [5.74, 6) is -0.389. The zero-order valence-electron chi connectivity index (χ0n) is 50.0. The van der Waals surface area contributed by atoms with Gasteiger partial charge in [-0.05, 0) is 156 Å². The summed E-state index contributed by atoms with van der Waals surface area (Å²) in [5.41, 5.74) is 14.9. The van der Waals surface area contributed by atoms with E-state index < -0.39 is 22.3 Å². The number of nitrogens with zero attached hydrogens (tertiary/aromatic N) is 4. The lowest BCUT2D eigenvalue weighted by atomic mass is 9.77. The Morgan fingerprint density at radius 1 is 0.583 bits per heavy atom. The summed E-state index contributed by atoms with van der Waals surface area (Å²) in [5, 5.41) is 55.5. The predicted molar refractivity (Wildman–Crippen MR) is 351 cm³/mol. The van der Waals surface area contributed by atoms with E-state index in [0.29, 0.717) is 87.3 Å². The molecule has 7 aromatic carbocycles. The molecule has 0 bridgehead atoms. The van der Waals surface area contributed by atoms with Crippen molar-refractivity contribution in [3.63, 3.8) is 0 Å². The number of hydrogen-bond donors (Lipinski definition) is 6. The molecule has 15 heteroatoms. The molecule has 0 spiro atoms. The van der Waals surface area contributed by atoms with Gasteiger partial charge in [0, 0.05) is 95.4 Å². The van der Waals surface area contributed by atoms with Gasteiger partial charge in [-0.2, -0.15) is 0 Å². The number of rotatable bonds is 23. The maximum absolute atomic E-state index is 12.7. The van der Waals surface area contributed by atoms with Crippen molar-refractivity contribution in [3.05, 3.63) is 220 Å². The van der Waals surface area contributed by atoms with Gasteiger partial charge in [0.25, 0.3) is 0 Å². The van der Waals surface area contributed by atoms with Crippen LogP contribution in [-0.2, 0) is 35.8 Å². The van der Waals surface area contributed by atoms with Crippen molar-refractivity contribution < 1.29 is 34.3 Å². The molecule has 12 nitrogen and oxygen atoms in total. The number of amides is 2. The lowest BCUT2D eigenvalue weighted by molar-refractivity contribution is -0.462.